The molecule has 2 saturated heterocycles. The number of rotatable bonds is 7. The fraction of sp³-hybridized carbons (Fsp3) is 0.600. The van der Waals surface area contributed by atoms with Crippen molar-refractivity contribution in [1.29, 1.82) is 5.26 Å². The van der Waals surface area contributed by atoms with E-state index in [2.05, 4.69) is 31.7 Å². The number of amides is 1. The molecule has 178 valence electrons. The summed E-state index contributed by atoms with van der Waals surface area (Å²) in [6.45, 7) is 13.1. The number of carbonyl (C=O) groups excluding carboxylic acids is 1. The smallest absolute Gasteiger partial charge is 0.270 e. The molecule has 1 aromatic rings. The molecule has 3 heterocycles. The van der Waals surface area contributed by atoms with Gasteiger partial charge in [0, 0.05) is 31.7 Å². The van der Waals surface area contributed by atoms with E-state index in [1.807, 2.05) is 19.9 Å². The fourth-order valence-corrected chi connectivity index (χ4v) is 6.25. The number of hydrogen-bond donors (Lipinski definition) is 0. The van der Waals surface area contributed by atoms with Crippen LogP contribution in [-0.2, 0) is 11.3 Å². The van der Waals surface area contributed by atoms with Gasteiger partial charge in [-0.1, -0.05) is 57.6 Å². The summed E-state index contributed by atoms with van der Waals surface area (Å²) in [6.07, 6.45) is 6.06. The fourth-order valence-electron chi connectivity index (χ4n) is 4.96. The van der Waals surface area contributed by atoms with Crippen LogP contribution >= 0.6 is 24.0 Å². The molecule has 2 aliphatic heterocycles. The summed E-state index contributed by atoms with van der Waals surface area (Å²) >= 11 is 6.82. The minimum Gasteiger partial charge on any atom is -0.357 e. The van der Waals surface area contributed by atoms with Crippen LogP contribution in [0.15, 0.2) is 9.70 Å². The number of piperidine rings is 1. The Morgan fingerprint density at radius 2 is 1.85 bits per heavy atom. The van der Waals surface area contributed by atoms with Crippen molar-refractivity contribution in [2.75, 3.05) is 24.5 Å². The molecule has 1 amide bonds. The molecule has 2 atom stereocenters. The largest absolute Gasteiger partial charge is 0.357 e. The summed E-state index contributed by atoms with van der Waals surface area (Å²) in [7, 11) is 0. The van der Waals surface area contributed by atoms with Gasteiger partial charge in [-0.3, -0.25) is 19.1 Å². The maximum Gasteiger partial charge on any atom is 0.270 e. The molecule has 0 bridgehead atoms. The van der Waals surface area contributed by atoms with E-state index in [-0.39, 0.29) is 17.0 Å². The molecule has 2 aliphatic rings. The van der Waals surface area contributed by atoms with Crippen molar-refractivity contribution in [3.05, 3.63) is 31.9 Å². The van der Waals surface area contributed by atoms with Crippen LogP contribution in [0.5, 0.6) is 0 Å². The highest BCUT2D eigenvalue weighted by atomic mass is 32.2. The van der Waals surface area contributed by atoms with E-state index in [1.54, 1.807) is 9.47 Å². The number of hydrogen-bond acceptors (Lipinski definition) is 6. The van der Waals surface area contributed by atoms with Gasteiger partial charge in [0.15, 0.2) is 0 Å². The number of pyridine rings is 1. The molecule has 0 saturated carbocycles. The zero-order valence-electron chi connectivity index (χ0n) is 20.3. The summed E-state index contributed by atoms with van der Waals surface area (Å²) < 4.78 is 2.27. The van der Waals surface area contributed by atoms with Crippen LogP contribution in [0.3, 0.4) is 0 Å². The Morgan fingerprint density at radius 1 is 1.18 bits per heavy atom. The van der Waals surface area contributed by atoms with Gasteiger partial charge in [-0.25, -0.2) is 0 Å². The molecule has 8 heteroatoms. The van der Waals surface area contributed by atoms with Crippen LogP contribution in [-0.4, -0.2) is 39.3 Å². The van der Waals surface area contributed by atoms with E-state index < -0.39 is 0 Å². The van der Waals surface area contributed by atoms with Gasteiger partial charge in [0.1, 0.15) is 21.8 Å². The maximum absolute atomic E-state index is 13.2. The topological polar surface area (TPSA) is 69.3 Å². The highest BCUT2D eigenvalue weighted by Crippen LogP contribution is 2.37. The summed E-state index contributed by atoms with van der Waals surface area (Å²) in [5.41, 5.74) is 1.29. The minimum atomic E-state index is -0.261. The number of nitriles is 1. The second kappa shape index (κ2) is 10.9. The molecule has 0 aromatic carbocycles. The van der Waals surface area contributed by atoms with E-state index in [1.165, 1.54) is 11.8 Å². The lowest BCUT2D eigenvalue weighted by Crippen LogP contribution is -2.42. The summed E-state index contributed by atoms with van der Waals surface area (Å²) in [4.78, 5) is 30.9. The SMILES string of the molecule is CCCCCN1C(=O)/C(=C/c2c(C)c(C#N)c(=O)n(CC)c2N2CC(C)CC(C)C2)SC1=S. The van der Waals surface area contributed by atoms with Crippen molar-refractivity contribution in [3.8, 4) is 6.07 Å². The third-order valence-corrected chi connectivity index (χ3v) is 7.84. The highest BCUT2D eigenvalue weighted by molar-refractivity contribution is 8.26. The third-order valence-electron chi connectivity index (χ3n) is 6.47. The van der Waals surface area contributed by atoms with Gasteiger partial charge in [0.2, 0.25) is 0 Å². The third kappa shape index (κ3) is 5.20. The van der Waals surface area contributed by atoms with Crippen LogP contribution in [0, 0.1) is 30.1 Å². The lowest BCUT2D eigenvalue weighted by molar-refractivity contribution is -0.122. The second-order valence-corrected chi connectivity index (χ2v) is 11.0. The molecule has 6 nitrogen and oxygen atoms in total. The predicted octanol–water partition coefficient (Wildman–Crippen LogP) is 4.92. The van der Waals surface area contributed by atoms with Gasteiger partial charge in [-0.05, 0) is 50.2 Å². The van der Waals surface area contributed by atoms with Gasteiger partial charge in [-0.2, -0.15) is 5.26 Å². The van der Waals surface area contributed by atoms with Gasteiger partial charge in [0.05, 0.1) is 4.91 Å². The number of aromatic nitrogens is 1. The van der Waals surface area contributed by atoms with E-state index >= 15 is 0 Å². The molecule has 2 fully saturated rings. The summed E-state index contributed by atoms with van der Waals surface area (Å²) in [6, 6.07) is 2.11. The first-order chi connectivity index (χ1) is 15.7. The highest BCUT2D eigenvalue weighted by Gasteiger charge is 2.33. The Bertz CT molecular complexity index is 1060. The second-order valence-electron chi connectivity index (χ2n) is 9.29. The molecule has 33 heavy (non-hydrogen) atoms. The first kappa shape index (κ1) is 25.5. The zero-order chi connectivity index (χ0) is 24.3. The van der Waals surface area contributed by atoms with Crippen molar-refractivity contribution in [2.45, 2.75) is 66.8 Å². The van der Waals surface area contributed by atoms with E-state index in [9.17, 15) is 14.9 Å². The van der Waals surface area contributed by atoms with Crippen molar-refractivity contribution < 1.29 is 4.79 Å². The number of thioether (sulfide) groups is 1. The molecule has 1 aromatic heterocycles. The van der Waals surface area contributed by atoms with Crippen LogP contribution in [0.1, 0.15) is 70.1 Å². The molecular weight excluding hydrogens is 452 g/mol. The summed E-state index contributed by atoms with van der Waals surface area (Å²) in [5, 5.41) is 9.75. The molecular formula is C25H34N4O2S2. The molecule has 0 radical (unpaired) electrons. The number of carbonyl (C=O) groups is 1. The maximum atomic E-state index is 13.2. The van der Waals surface area contributed by atoms with Crippen LogP contribution < -0.4 is 10.5 Å². The minimum absolute atomic E-state index is 0.0837. The average molecular weight is 487 g/mol. The Kier molecular flexibility index (Phi) is 8.41. The first-order valence-corrected chi connectivity index (χ1v) is 13.1. The molecule has 0 spiro atoms. The van der Waals surface area contributed by atoms with Gasteiger partial charge < -0.3 is 4.90 Å². The Morgan fingerprint density at radius 3 is 2.42 bits per heavy atom. The summed E-state index contributed by atoms with van der Waals surface area (Å²) in [5.74, 6) is 1.72. The Balaban J connectivity index is 2.15. The monoisotopic (exact) mass is 486 g/mol. The van der Waals surface area contributed by atoms with E-state index in [0.29, 0.717) is 39.7 Å². The van der Waals surface area contributed by atoms with Crippen LogP contribution in [0.4, 0.5) is 5.82 Å². The average Bonchev–Trinajstić information content (AvgIpc) is 3.02. The Hall–Kier alpha value is -2.11. The number of thiocarbonyl (C=S) groups is 1. The quantitative estimate of drug-likeness (QED) is 0.309. The van der Waals surface area contributed by atoms with E-state index in [0.717, 1.165) is 50.2 Å². The van der Waals surface area contributed by atoms with Crippen molar-refractivity contribution in [1.82, 2.24) is 9.47 Å². The number of anilines is 1. The normalized spacial score (nSPS) is 22.4. The lowest BCUT2D eigenvalue weighted by atomic mass is 9.91. The number of unbranched alkanes of at least 4 members (excludes halogenated alkanes) is 2. The van der Waals surface area contributed by atoms with Crippen molar-refractivity contribution in [2.24, 2.45) is 11.8 Å². The van der Waals surface area contributed by atoms with E-state index in [4.69, 9.17) is 12.2 Å². The Labute approximate surface area is 206 Å². The standard InChI is InChI=1S/C25H34N4O2S2/c1-6-8-9-10-29-24(31)21(33-25(29)32)12-19-18(5)20(13-26)23(30)28(7-2)22(19)27-14-16(3)11-17(4)15-27/h12,16-17H,6-11,14-15H2,1-5H3/b21-12-. The molecule has 2 unspecified atom stereocenters. The van der Waals surface area contributed by atoms with Gasteiger partial charge >= 0.3 is 0 Å². The van der Waals surface area contributed by atoms with Crippen molar-refractivity contribution >= 4 is 46.1 Å². The molecule has 0 aliphatic carbocycles. The first-order valence-electron chi connectivity index (χ1n) is 11.9. The molecule has 3 rings (SSSR count). The lowest BCUT2D eigenvalue weighted by Gasteiger charge is -2.38. The van der Waals surface area contributed by atoms with Crippen molar-refractivity contribution in [3.63, 3.8) is 0 Å². The van der Waals surface area contributed by atoms with Crippen LogP contribution in [0.25, 0.3) is 6.08 Å². The van der Waals surface area contributed by atoms with Crippen LogP contribution in [0.2, 0.25) is 0 Å². The molecule has 0 N–H and O–H groups in total. The number of nitrogens with zero attached hydrogens (tertiary/aromatic N) is 4. The van der Waals surface area contributed by atoms with Gasteiger partial charge in [0.25, 0.3) is 11.5 Å². The predicted molar refractivity (Wildman–Crippen MR) is 140 cm³/mol. The zero-order valence-corrected chi connectivity index (χ0v) is 21.9. The van der Waals surface area contributed by atoms with Gasteiger partial charge in [-0.15, -0.1) is 0 Å².